The van der Waals surface area contributed by atoms with Gasteiger partial charge in [0, 0.05) is 0 Å². The number of carbonyl (C=O) groups excluding carboxylic acids is 1. The molecule has 0 aliphatic carbocycles. The second-order valence-corrected chi connectivity index (χ2v) is 3.24. The van der Waals surface area contributed by atoms with Gasteiger partial charge in [-0.3, -0.25) is 0 Å². The van der Waals surface area contributed by atoms with E-state index >= 15 is 0 Å². The minimum atomic E-state index is -0.942. The Morgan fingerprint density at radius 2 is 2.07 bits per heavy atom. The fourth-order valence-electron chi connectivity index (χ4n) is 1.26. The number of nitrogens with one attached hydrogen (secondary N) is 1. The van der Waals surface area contributed by atoms with Crippen molar-refractivity contribution in [3.05, 3.63) is 35.4 Å². The number of likely N-dealkylation sites (N-methyl/N-ethyl adjacent to an activating group) is 1. The molecule has 0 bridgehead atoms. The molecular weight excluding hydrogens is 194 g/mol. The topological polar surface area (TPSA) is 66.4 Å². The molecule has 0 aliphatic rings. The number of aromatic carboxylic acids is 1. The van der Waals surface area contributed by atoms with Crippen LogP contribution in [0.15, 0.2) is 24.3 Å². The lowest BCUT2D eigenvalue weighted by Crippen LogP contribution is -2.28. The molecule has 0 amide bonds. The normalized spacial score (nSPS) is 12.1. The maximum Gasteiger partial charge on any atom is 0.335 e. The molecule has 0 saturated heterocycles. The van der Waals surface area contributed by atoms with Gasteiger partial charge >= 0.3 is 5.97 Å². The number of carboxylic acids is 1. The molecule has 4 nitrogen and oxygen atoms in total. The second kappa shape index (κ2) is 5.26. The highest BCUT2D eigenvalue weighted by Crippen LogP contribution is 2.06. The van der Waals surface area contributed by atoms with Crippen molar-refractivity contribution in [1.82, 2.24) is 5.32 Å². The summed E-state index contributed by atoms with van der Waals surface area (Å²) in [5.41, 5.74) is 1.19. The van der Waals surface area contributed by atoms with Crippen LogP contribution in [0.25, 0.3) is 0 Å². The number of benzene rings is 1. The quantitative estimate of drug-likeness (QED) is 0.698. The lowest BCUT2D eigenvalue weighted by molar-refractivity contribution is -0.109. The number of rotatable bonds is 5. The fourth-order valence-corrected chi connectivity index (χ4v) is 1.26. The summed E-state index contributed by atoms with van der Waals surface area (Å²) in [6.07, 6.45) is 1.41. The minimum Gasteiger partial charge on any atom is -0.478 e. The summed E-state index contributed by atoms with van der Waals surface area (Å²) in [5, 5.41) is 11.5. The highest BCUT2D eigenvalue weighted by atomic mass is 16.4. The van der Waals surface area contributed by atoms with Gasteiger partial charge in [0.15, 0.2) is 0 Å². The Hall–Kier alpha value is -1.68. The van der Waals surface area contributed by atoms with Gasteiger partial charge in [-0.2, -0.15) is 0 Å². The Kier molecular flexibility index (Phi) is 4.00. The molecule has 4 heteroatoms. The Bertz CT molecular complexity index is 345. The summed E-state index contributed by atoms with van der Waals surface area (Å²) in [4.78, 5) is 21.1. The first-order chi connectivity index (χ1) is 7.17. The summed E-state index contributed by atoms with van der Waals surface area (Å²) < 4.78 is 0. The van der Waals surface area contributed by atoms with Crippen LogP contribution in [0, 0.1) is 0 Å². The van der Waals surface area contributed by atoms with Crippen LogP contribution in [0.1, 0.15) is 15.9 Å². The van der Waals surface area contributed by atoms with Gasteiger partial charge in [0.05, 0.1) is 11.6 Å². The van der Waals surface area contributed by atoms with Crippen molar-refractivity contribution < 1.29 is 14.7 Å². The van der Waals surface area contributed by atoms with Crippen LogP contribution in [0.3, 0.4) is 0 Å². The van der Waals surface area contributed by atoms with Crippen molar-refractivity contribution in [2.24, 2.45) is 0 Å². The molecule has 1 atom stereocenters. The lowest BCUT2D eigenvalue weighted by atomic mass is 10.1. The number of carboxylic acid groups (broad SMARTS) is 1. The van der Waals surface area contributed by atoms with E-state index in [2.05, 4.69) is 5.32 Å². The SMILES string of the molecule is CNC(C=O)Cc1ccc(C(=O)O)cc1. The summed E-state index contributed by atoms with van der Waals surface area (Å²) >= 11 is 0. The molecule has 1 aromatic carbocycles. The number of carbonyl (C=O) groups is 2. The molecule has 2 N–H and O–H groups in total. The minimum absolute atomic E-state index is 0.222. The average molecular weight is 207 g/mol. The maximum absolute atomic E-state index is 10.6. The van der Waals surface area contributed by atoms with E-state index in [1.807, 2.05) is 0 Å². The Morgan fingerprint density at radius 3 is 2.47 bits per heavy atom. The molecule has 0 aliphatic heterocycles. The predicted octanol–water partition coefficient (Wildman–Crippen LogP) is 0.714. The predicted molar refractivity (Wildman–Crippen MR) is 56.0 cm³/mol. The monoisotopic (exact) mass is 207 g/mol. The molecule has 1 unspecified atom stereocenters. The van der Waals surface area contributed by atoms with Gasteiger partial charge in [-0.1, -0.05) is 12.1 Å². The third-order valence-corrected chi connectivity index (χ3v) is 2.19. The summed E-state index contributed by atoms with van der Waals surface area (Å²) in [6.45, 7) is 0. The van der Waals surface area contributed by atoms with Gasteiger partial charge in [0.2, 0.25) is 0 Å². The number of aldehydes is 1. The van der Waals surface area contributed by atoms with Crippen molar-refractivity contribution in [1.29, 1.82) is 0 Å². The van der Waals surface area contributed by atoms with Crippen LogP contribution >= 0.6 is 0 Å². The summed E-state index contributed by atoms with van der Waals surface area (Å²) in [6, 6.07) is 6.29. The smallest absolute Gasteiger partial charge is 0.335 e. The van der Waals surface area contributed by atoms with Crippen LogP contribution in [-0.4, -0.2) is 30.5 Å². The van der Waals surface area contributed by atoms with Crippen LogP contribution in [-0.2, 0) is 11.2 Å². The van der Waals surface area contributed by atoms with Crippen LogP contribution < -0.4 is 5.32 Å². The zero-order valence-electron chi connectivity index (χ0n) is 8.43. The molecule has 0 fully saturated rings. The number of hydrogen-bond donors (Lipinski definition) is 2. The highest BCUT2D eigenvalue weighted by Gasteiger charge is 2.06. The Labute approximate surface area is 87.9 Å². The standard InChI is InChI=1S/C11H13NO3/c1-12-10(7-13)6-8-2-4-9(5-3-8)11(14)15/h2-5,7,10,12H,6H2,1H3,(H,14,15). The number of hydrogen-bond acceptors (Lipinski definition) is 3. The van der Waals surface area contributed by atoms with Crippen LogP contribution in [0.2, 0.25) is 0 Å². The zero-order chi connectivity index (χ0) is 11.3. The Balaban J connectivity index is 2.71. The molecule has 0 heterocycles. The molecule has 0 saturated carbocycles. The highest BCUT2D eigenvalue weighted by molar-refractivity contribution is 5.87. The van der Waals surface area contributed by atoms with E-state index in [1.54, 1.807) is 19.2 Å². The van der Waals surface area contributed by atoms with Crippen LogP contribution in [0.4, 0.5) is 0 Å². The van der Waals surface area contributed by atoms with Crippen molar-refractivity contribution >= 4 is 12.3 Å². The Morgan fingerprint density at radius 1 is 1.47 bits per heavy atom. The van der Waals surface area contributed by atoms with E-state index in [4.69, 9.17) is 5.11 Å². The maximum atomic E-state index is 10.6. The molecular formula is C11H13NO3. The molecule has 15 heavy (non-hydrogen) atoms. The third kappa shape index (κ3) is 3.18. The second-order valence-electron chi connectivity index (χ2n) is 3.24. The van der Waals surface area contributed by atoms with E-state index in [9.17, 15) is 9.59 Å². The van der Waals surface area contributed by atoms with E-state index in [-0.39, 0.29) is 11.6 Å². The van der Waals surface area contributed by atoms with Gasteiger partial charge in [0.25, 0.3) is 0 Å². The van der Waals surface area contributed by atoms with Gasteiger partial charge < -0.3 is 15.2 Å². The first-order valence-electron chi connectivity index (χ1n) is 4.62. The van der Waals surface area contributed by atoms with Gasteiger partial charge in [-0.15, -0.1) is 0 Å². The van der Waals surface area contributed by atoms with Crippen molar-refractivity contribution in [3.8, 4) is 0 Å². The lowest BCUT2D eigenvalue weighted by Gasteiger charge is -2.08. The zero-order valence-corrected chi connectivity index (χ0v) is 8.43. The van der Waals surface area contributed by atoms with Gasteiger partial charge in [-0.25, -0.2) is 4.79 Å². The van der Waals surface area contributed by atoms with Gasteiger partial charge in [0.1, 0.15) is 6.29 Å². The molecule has 80 valence electrons. The molecule has 0 aromatic heterocycles. The summed E-state index contributed by atoms with van der Waals surface area (Å²) in [5.74, 6) is -0.942. The molecule has 1 rings (SSSR count). The summed E-state index contributed by atoms with van der Waals surface area (Å²) in [7, 11) is 1.71. The van der Waals surface area contributed by atoms with Crippen LogP contribution in [0.5, 0.6) is 0 Å². The molecule has 0 radical (unpaired) electrons. The van der Waals surface area contributed by atoms with E-state index in [0.29, 0.717) is 6.42 Å². The largest absolute Gasteiger partial charge is 0.478 e. The van der Waals surface area contributed by atoms with E-state index < -0.39 is 5.97 Å². The first-order valence-corrected chi connectivity index (χ1v) is 4.62. The molecule has 1 aromatic rings. The van der Waals surface area contributed by atoms with Crippen molar-refractivity contribution in [3.63, 3.8) is 0 Å². The third-order valence-electron chi connectivity index (χ3n) is 2.19. The van der Waals surface area contributed by atoms with Crippen molar-refractivity contribution in [2.75, 3.05) is 7.05 Å². The molecule has 0 spiro atoms. The first kappa shape index (κ1) is 11.4. The van der Waals surface area contributed by atoms with E-state index in [0.717, 1.165) is 11.8 Å². The van der Waals surface area contributed by atoms with E-state index in [1.165, 1.54) is 12.1 Å². The average Bonchev–Trinajstić information content (AvgIpc) is 2.26. The fraction of sp³-hybridized carbons (Fsp3) is 0.273. The van der Waals surface area contributed by atoms with Crippen molar-refractivity contribution in [2.45, 2.75) is 12.5 Å². The van der Waals surface area contributed by atoms with Gasteiger partial charge in [-0.05, 0) is 31.2 Å².